The van der Waals surface area contributed by atoms with Gasteiger partial charge in [0.2, 0.25) is 0 Å². The second kappa shape index (κ2) is 7.87. The zero-order valence-electron chi connectivity index (χ0n) is 15.8. The maximum Gasteiger partial charge on any atom is 0.264 e. The Balaban J connectivity index is 1.68. The van der Waals surface area contributed by atoms with Crippen molar-refractivity contribution in [3.05, 3.63) is 89.5 Å². The molecule has 3 aromatic rings. The molecule has 0 spiro atoms. The van der Waals surface area contributed by atoms with Crippen LogP contribution in [0, 0.1) is 11.6 Å². The second-order valence-electron chi connectivity index (χ2n) is 6.95. The molecule has 0 unspecified atom stereocenters. The molecule has 4 rings (SSSR count). The van der Waals surface area contributed by atoms with Gasteiger partial charge in [0.15, 0.2) is 0 Å². The van der Waals surface area contributed by atoms with Crippen molar-refractivity contribution in [3.63, 3.8) is 0 Å². The molecule has 1 aliphatic rings. The van der Waals surface area contributed by atoms with Crippen LogP contribution in [-0.4, -0.2) is 20.9 Å². The lowest BCUT2D eigenvalue weighted by Crippen LogP contribution is -2.35. The first-order valence-electron chi connectivity index (χ1n) is 9.33. The lowest BCUT2D eigenvalue weighted by Gasteiger charge is -2.30. The van der Waals surface area contributed by atoms with Gasteiger partial charge in [-0.25, -0.2) is 17.2 Å². The van der Waals surface area contributed by atoms with E-state index in [1.165, 1.54) is 0 Å². The Labute approximate surface area is 173 Å². The standard InChI is InChI=1S/C22H18F2N2O3S/c23-17-9-11-19(24)21(13-17)30(28,29)25-18-10-8-15-7-4-12-26(20(15)14-18)22(27)16-5-2-1-3-6-16/h1-3,5-6,8-11,13-14,25H,4,7,12H2. The van der Waals surface area contributed by atoms with E-state index in [9.17, 15) is 22.0 Å². The third kappa shape index (κ3) is 3.91. The van der Waals surface area contributed by atoms with Crippen LogP contribution >= 0.6 is 0 Å². The molecule has 0 fully saturated rings. The highest BCUT2D eigenvalue weighted by Crippen LogP contribution is 2.32. The van der Waals surface area contributed by atoms with E-state index < -0.39 is 26.6 Å². The first-order valence-corrected chi connectivity index (χ1v) is 10.8. The van der Waals surface area contributed by atoms with E-state index in [0.717, 1.165) is 30.5 Å². The summed E-state index contributed by atoms with van der Waals surface area (Å²) >= 11 is 0. The lowest BCUT2D eigenvalue weighted by atomic mass is 10.00. The average molecular weight is 428 g/mol. The lowest BCUT2D eigenvalue weighted by molar-refractivity contribution is 0.0985. The zero-order chi connectivity index (χ0) is 21.3. The van der Waals surface area contributed by atoms with Crippen LogP contribution in [0.15, 0.2) is 71.6 Å². The molecule has 1 N–H and O–H groups in total. The number of aryl methyl sites for hydroxylation is 1. The van der Waals surface area contributed by atoms with Crippen LogP contribution in [0.2, 0.25) is 0 Å². The molecule has 0 radical (unpaired) electrons. The van der Waals surface area contributed by atoms with Gasteiger partial charge in [-0.15, -0.1) is 0 Å². The average Bonchev–Trinajstić information content (AvgIpc) is 2.74. The van der Waals surface area contributed by atoms with Gasteiger partial charge >= 0.3 is 0 Å². The smallest absolute Gasteiger partial charge is 0.264 e. The van der Waals surface area contributed by atoms with Gasteiger partial charge in [-0.1, -0.05) is 24.3 Å². The number of nitrogens with one attached hydrogen (secondary N) is 1. The van der Waals surface area contributed by atoms with Gasteiger partial charge < -0.3 is 4.90 Å². The number of fused-ring (bicyclic) bond motifs is 1. The number of benzene rings is 3. The Hall–Kier alpha value is -3.26. The van der Waals surface area contributed by atoms with Crippen LogP contribution in [-0.2, 0) is 16.4 Å². The van der Waals surface area contributed by atoms with Crippen LogP contribution < -0.4 is 9.62 Å². The van der Waals surface area contributed by atoms with Gasteiger partial charge in [0.25, 0.3) is 15.9 Å². The predicted molar refractivity (Wildman–Crippen MR) is 110 cm³/mol. The van der Waals surface area contributed by atoms with Gasteiger partial charge in [-0.05, 0) is 60.9 Å². The maximum absolute atomic E-state index is 14.0. The summed E-state index contributed by atoms with van der Waals surface area (Å²) in [4.78, 5) is 13.8. The van der Waals surface area contributed by atoms with E-state index in [1.807, 2.05) is 6.07 Å². The number of halogens is 2. The van der Waals surface area contributed by atoms with Crippen molar-refractivity contribution in [2.45, 2.75) is 17.7 Å². The number of carbonyl (C=O) groups is 1. The van der Waals surface area contributed by atoms with Crippen LogP contribution in [0.1, 0.15) is 22.3 Å². The molecule has 30 heavy (non-hydrogen) atoms. The van der Waals surface area contributed by atoms with Crippen molar-refractivity contribution in [3.8, 4) is 0 Å². The van der Waals surface area contributed by atoms with Crippen molar-refractivity contribution in [1.29, 1.82) is 0 Å². The molecule has 3 aromatic carbocycles. The number of carbonyl (C=O) groups excluding carboxylic acids is 1. The third-order valence-corrected chi connectivity index (χ3v) is 6.30. The topological polar surface area (TPSA) is 66.5 Å². The molecule has 0 aliphatic carbocycles. The Bertz CT molecular complexity index is 1210. The number of amides is 1. The number of nitrogens with zero attached hydrogens (tertiary/aromatic N) is 1. The minimum Gasteiger partial charge on any atom is -0.308 e. The molecular formula is C22H18F2N2O3S. The number of rotatable bonds is 4. The first kappa shape index (κ1) is 20.0. The molecule has 0 bridgehead atoms. The predicted octanol–water partition coefficient (Wildman–Crippen LogP) is 4.36. The van der Waals surface area contributed by atoms with Crippen LogP contribution in [0.25, 0.3) is 0 Å². The van der Waals surface area contributed by atoms with Crippen LogP contribution in [0.5, 0.6) is 0 Å². The van der Waals surface area contributed by atoms with Crippen LogP contribution in [0.3, 0.4) is 0 Å². The summed E-state index contributed by atoms with van der Waals surface area (Å²) in [5.41, 5.74) is 2.18. The molecule has 1 heterocycles. The van der Waals surface area contributed by atoms with Crippen molar-refractivity contribution in [2.24, 2.45) is 0 Å². The SMILES string of the molecule is O=C(c1ccccc1)N1CCCc2ccc(NS(=O)(=O)c3cc(F)ccc3F)cc21. The molecule has 5 nitrogen and oxygen atoms in total. The van der Waals surface area contributed by atoms with E-state index in [0.29, 0.717) is 23.9 Å². The summed E-state index contributed by atoms with van der Waals surface area (Å²) in [6.45, 7) is 0.495. The highest BCUT2D eigenvalue weighted by atomic mass is 32.2. The van der Waals surface area contributed by atoms with Gasteiger partial charge in [0, 0.05) is 17.8 Å². The maximum atomic E-state index is 14.0. The molecule has 1 aliphatic heterocycles. The summed E-state index contributed by atoms with van der Waals surface area (Å²) in [7, 11) is -4.35. The number of hydrogen-bond acceptors (Lipinski definition) is 3. The van der Waals surface area contributed by atoms with E-state index >= 15 is 0 Å². The summed E-state index contributed by atoms with van der Waals surface area (Å²) in [5, 5.41) is 0. The Morgan fingerprint density at radius 1 is 0.967 bits per heavy atom. The number of sulfonamides is 1. The fourth-order valence-corrected chi connectivity index (χ4v) is 4.62. The second-order valence-corrected chi connectivity index (χ2v) is 8.60. The number of hydrogen-bond donors (Lipinski definition) is 1. The van der Waals surface area contributed by atoms with Gasteiger partial charge in [0.1, 0.15) is 16.5 Å². The Morgan fingerprint density at radius 3 is 2.50 bits per heavy atom. The minimum absolute atomic E-state index is 0.158. The highest BCUT2D eigenvalue weighted by molar-refractivity contribution is 7.92. The summed E-state index contributed by atoms with van der Waals surface area (Å²) < 4.78 is 54.8. The van der Waals surface area contributed by atoms with E-state index in [2.05, 4.69) is 4.72 Å². The fraction of sp³-hybridized carbons (Fsp3) is 0.136. The summed E-state index contributed by atoms with van der Waals surface area (Å²) in [5.74, 6) is -2.10. The fourth-order valence-electron chi connectivity index (χ4n) is 3.48. The summed E-state index contributed by atoms with van der Waals surface area (Å²) in [6.07, 6.45) is 1.53. The monoisotopic (exact) mass is 428 g/mol. The first-order chi connectivity index (χ1) is 14.3. The molecular weight excluding hydrogens is 410 g/mol. The summed E-state index contributed by atoms with van der Waals surface area (Å²) in [6, 6.07) is 15.9. The zero-order valence-corrected chi connectivity index (χ0v) is 16.6. The van der Waals surface area contributed by atoms with Gasteiger partial charge in [-0.2, -0.15) is 0 Å². The third-order valence-electron chi connectivity index (χ3n) is 4.90. The van der Waals surface area contributed by atoms with E-state index in [4.69, 9.17) is 0 Å². The molecule has 0 saturated heterocycles. The molecule has 0 aromatic heterocycles. The van der Waals surface area contributed by atoms with Crippen molar-refractivity contribution in [1.82, 2.24) is 0 Å². The quantitative estimate of drug-likeness (QED) is 0.672. The molecule has 8 heteroatoms. The Kier molecular flexibility index (Phi) is 5.26. The van der Waals surface area contributed by atoms with Gasteiger partial charge in [0.05, 0.1) is 5.69 Å². The largest absolute Gasteiger partial charge is 0.308 e. The molecule has 154 valence electrons. The molecule has 0 saturated carbocycles. The molecule has 1 amide bonds. The number of anilines is 2. The minimum atomic E-state index is -4.35. The molecule has 0 atom stereocenters. The van der Waals surface area contributed by atoms with Crippen LogP contribution in [0.4, 0.5) is 20.2 Å². The van der Waals surface area contributed by atoms with Crippen molar-refractivity contribution in [2.75, 3.05) is 16.2 Å². The van der Waals surface area contributed by atoms with E-state index in [1.54, 1.807) is 47.4 Å². The highest BCUT2D eigenvalue weighted by Gasteiger charge is 2.25. The van der Waals surface area contributed by atoms with E-state index in [-0.39, 0.29) is 11.6 Å². The normalized spacial score (nSPS) is 13.6. The van der Waals surface area contributed by atoms with Crippen molar-refractivity contribution < 1.29 is 22.0 Å². The van der Waals surface area contributed by atoms with Crippen molar-refractivity contribution >= 4 is 27.3 Å². The Morgan fingerprint density at radius 2 is 1.73 bits per heavy atom. The van der Waals surface area contributed by atoms with Gasteiger partial charge in [-0.3, -0.25) is 9.52 Å².